The van der Waals surface area contributed by atoms with Crippen molar-refractivity contribution in [2.75, 3.05) is 0 Å². The van der Waals surface area contributed by atoms with Crippen molar-refractivity contribution in [3.05, 3.63) is 58.3 Å². The second kappa shape index (κ2) is 5.18. The first-order chi connectivity index (χ1) is 8.56. The van der Waals surface area contributed by atoms with Gasteiger partial charge in [-0.15, -0.1) is 0 Å². The van der Waals surface area contributed by atoms with Gasteiger partial charge < -0.3 is 10.5 Å². The number of hydrogen-bond acceptors (Lipinski definition) is 2. The molecule has 92 valence electrons. The van der Waals surface area contributed by atoms with Crippen molar-refractivity contribution in [3.8, 4) is 11.5 Å². The molecule has 0 fully saturated rings. The Hall–Kier alpha value is -1.88. The van der Waals surface area contributed by atoms with Crippen LogP contribution in [-0.2, 0) is 0 Å². The molecule has 0 aliphatic rings. The monoisotopic (exact) mass is 308 g/mol. The summed E-state index contributed by atoms with van der Waals surface area (Å²) in [6.07, 6.45) is 0. The third-order valence-electron chi connectivity index (χ3n) is 2.29. The van der Waals surface area contributed by atoms with Gasteiger partial charge in [0.1, 0.15) is 23.2 Å². The molecule has 0 amide bonds. The topological polar surface area (TPSA) is 59.1 Å². The maximum absolute atomic E-state index is 12.9. The number of amidine groups is 1. The number of nitrogens with one attached hydrogen (secondary N) is 1. The predicted molar refractivity (Wildman–Crippen MR) is 71.6 cm³/mol. The Bertz CT molecular complexity index is 584. The van der Waals surface area contributed by atoms with E-state index in [1.807, 2.05) is 0 Å². The molecule has 3 N–H and O–H groups in total. The Morgan fingerprint density at radius 3 is 2.39 bits per heavy atom. The van der Waals surface area contributed by atoms with Crippen LogP contribution >= 0.6 is 15.9 Å². The molecule has 2 aromatic carbocycles. The number of benzene rings is 2. The van der Waals surface area contributed by atoms with Gasteiger partial charge in [-0.05, 0) is 58.4 Å². The summed E-state index contributed by atoms with van der Waals surface area (Å²) in [4.78, 5) is 0. The number of halogens is 2. The SMILES string of the molecule is N=C(N)c1ccc(Oc2ccc(F)cc2Br)cc1. The lowest BCUT2D eigenvalue weighted by Gasteiger charge is -2.08. The van der Waals surface area contributed by atoms with Gasteiger partial charge in [0.2, 0.25) is 0 Å². The van der Waals surface area contributed by atoms with Gasteiger partial charge in [-0.3, -0.25) is 5.41 Å². The first-order valence-electron chi connectivity index (χ1n) is 5.13. The van der Waals surface area contributed by atoms with E-state index in [0.717, 1.165) is 0 Å². The molecule has 0 radical (unpaired) electrons. The Balaban J connectivity index is 2.21. The minimum absolute atomic E-state index is 0.00418. The summed E-state index contributed by atoms with van der Waals surface area (Å²) in [7, 11) is 0. The van der Waals surface area contributed by atoms with Crippen LogP contribution in [-0.4, -0.2) is 5.84 Å². The molecule has 0 aromatic heterocycles. The van der Waals surface area contributed by atoms with Crippen molar-refractivity contribution in [2.24, 2.45) is 5.73 Å². The van der Waals surface area contributed by atoms with Gasteiger partial charge >= 0.3 is 0 Å². The maximum atomic E-state index is 12.9. The second-order valence-corrected chi connectivity index (χ2v) is 4.47. The van der Waals surface area contributed by atoms with Crippen LogP contribution in [0.3, 0.4) is 0 Å². The second-order valence-electron chi connectivity index (χ2n) is 3.61. The van der Waals surface area contributed by atoms with E-state index in [9.17, 15) is 4.39 Å². The first-order valence-corrected chi connectivity index (χ1v) is 5.93. The van der Waals surface area contributed by atoms with E-state index < -0.39 is 0 Å². The molecule has 2 rings (SSSR count). The van der Waals surface area contributed by atoms with E-state index in [4.69, 9.17) is 15.9 Å². The molecule has 5 heteroatoms. The molecule has 0 saturated heterocycles. The molecule has 0 saturated carbocycles. The van der Waals surface area contributed by atoms with Gasteiger partial charge in [-0.25, -0.2) is 4.39 Å². The standard InChI is InChI=1S/C13H10BrFN2O/c14-11-7-9(15)3-6-12(11)18-10-4-1-8(2-5-10)13(16)17/h1-7H,(H3,16,17). The average molecular weight is 309 g/mol. The van der Waals surface area contributed by atoms with Crippen molar-refractivity contribution in [3.63, 3.8) is 0 Å². The summed E-state index contributed by atoms with van der Waals surface area (Å²) in [6, 6.07) is 11.0. The number of hydrogen-bond donors (Lipinski definition) is 2. The summed E-state index contributed by atoms with van der Waals surface area (Å²) in [6.45, 7) is 0. The zero-order valence-electron chi connectivity index (χ0n) is 9.28. The van der Waals surface area contributed by atoms with Crippen molar-refractivity contribution < 1.29 is 9.13 Å². The Labute approximate surface area is 112 Å². The molecule has 2 aromatic rings. The molecule has 18 heavy (non-hydrogen) atoms. The Kier molecular flexibility index (Phi) is 3.62. The van der Waals surface area contributed by atoms with E-state index >= 15 is 0 Å². The highest BCUT2D eigenvalue weighted by atomic mass is 79.9. The lowest BCUT2D eigenvalue weighted by Crippen LogP contribution is -2.10. The minimum Gasteiger partial charge on any atom is -0.456 e. The highest BCUT2D eigenvalue weighted by Crippen LogP contribution is 2.30. The largest absolute Gasteiger partial charge is 0.456 e. The molecule has 0 bridgehead atoms. The highest BCUT2D eigenvalue weighted by Gasteiger charge is 2.04. The van der Waals surface area contributed by atoms with Gasteiger partial charge in [0.05, 0.1) is 4.47 Å². The quantitative estimate of drug-likeness (QED) is 0.671. The van der Waals surface area contributed by atoms with Crippen LogP contribution in [0, 0.1) is 11.2 Å². The van der Waals surface area contributed by atoms with Crippen molar-refractivity contribution >= 4 is 21.8 Å². The van der Waals surface area contributed by atoms with Crippen LogP contribution < -0.4 is 10.5 Å². The first kappa shape index (κ1) is 12.6. The van der Waals surface area contributed by atoms with Gasteiger partial charge in [0, 0.05) is 5.56 Å². The smallest absolute Gasteiger partial charge is 0.141 e. The van der Waals surface area contributed by atoms with Crippen LogP contribution in [0.25, 0.3) is 0 Å². The van der Waals surface area contributed by atoms with E-state index in [0.29, 0.717) is 21.5 Å². The van der Waals surface area contributed by atoms with E-state index in [1.54, 1.807) is 24.3 Å². The zero-order valence-corrected chi connectivity index (χ0v) is 10.9. The van der Waals surface area contributed by atoms with E-state index in [-0.39, 0.29) is 11.7 Å². The molecule has 0 unspecified atom stereocenters. The van der Waals surface area contributed by atoms with Crippen LogP contribution in [0.15, 0.2) is 46.9 Å². The lowest BCUT2D eigenvalue weighted by atomic mass is 10.2. The average Bonchev–Trinajstić information content (AvgIpc) is 2.33. The van der Waals surface area contributed by atoms with Crippen LogP contribution in [0.2, 0.25) is 0 Å². The van der Waals surface area contributed by atoms with Gasteiger partial charge in [0.25, 0.3) is 0 Å². The minimum atomic E-state index is -0.332. The Morgan fingerprint density at radius 2 is 1.83 bits per heavy atom. The van der Waals surface area contributed by atoms with E-state index in [2.05, 4.69) is 15.9 Å². The molecular formula is C13H10BrFN2O. The normalized spacial score (nSPS) is 10.1. The maximum Gasteiger partial charge on any atom is 0.141 e. The van der Waals surface area contributed by atoms with Gasteiger partial charge in [0.15, 0.2) is 0 Å². The van der Waals surface area contributed by atoms with E-state index in [1.165, 1.54) is 18.2 Å². The van der Waals surface area contributed by atoms with Crippen LogP contribution in [0.5, 0.6) is 11.5 Å². The number of ether oxygens (including phenoxy) is 1. The summed E-state index contributed by atoms with van der Waals surface area (Å²) < 4.78 is 19.0. The third-order valence-corrected chi connectivity index (χ3v) is 2.91. The summed E-state index contributed by atoms with van der Waals surface area (Å²) in [5, 5.41) is 7.27. The number of rotatable bonds is 3. The fourth-order valence-electron chi connectivity index (χ4n) is 1.39. The lowest BCUT2D eigenvalue weighted by molar-refractivity contribution is 0.477. The fraction of sp³-hybridized carbons (Fsp3) is 0. The van der Waals surface area contributed by atoms with Crippen molar-refractivity contribution in [1.82, 2.24) is 0 Å². The molecule has 0 aliphatic carbocycles. The molecule has 0 atom stereocenters. The van der Waals surface area contributed by atoms with Crippen molar-refractivity contribution in [2.45, 2.75) is 0 Å². The predicted octanol–water partition coefficient (Wildman–Crippen LogP) is 3.66. The molecule has 0 aliphatic heterocycles. The molecule has 0 heterocycles. The number of nitrogens with two attached hydrogens (primary N) is 1. The van der Waals surface area contributed by atoms with Crippen LogP contribution in [0.4, 0.5) is 4.39 Å². The van der Waals surface area contributed by atoms with Crippen LogP contribution in [0.1, 0.15) is 5.56 Å². The highest BCUT2D eigenvalue weighted by molar-refractivity contribution is 9.10. The Morgan fingerprint density at radius 1 is 1.17 bits per heavy atom. The summed E-state index contributed by atoms with van der Waals surface area (Å²) in [5.41, 5.74) is 5.98. The molecule has 3 nitrogen and oxygen atoms in total. The summed E-state index contributed by atoms with van der Waals surface area (Å²) >= 11 is 3.22. The molecular weight excluding hydrogens is 299 g/mol. The number of nitrogen functional groups attached to an aromatic ring is 1. The van der Waals surface area contributed by atoms with Crippen molar-refractivity contribution in [1.29, 1.82) is 5.41 Å². The van der Waals surface area contributed by atoms with Gasteiger partial charge in [-0.2, -0.15) is 0 Å². The fourth-order valence-corrected chi connectivity index (χ4v) is 1.82. The van der Waals surface area contributed by atoms with Gasteiger partial charge in [-0.1, -0.05) is 0 Å². The zero-order chi connectivity index (χ0) is 13.1. The third kappa shape index (κ3) is 2.87. The summed E-state index contributed by atoms with van der Waals surface area (Å²) in [5.74, 6) is 0.782. The molecule has 0 spiro atoms.